The van der Waals surface area contributed by atoms with E-state index in [-0.39, 0.29) is 51.4 Å². The van der Waals surface area contributed by atoms with Crippen molar-refractivity contribution >= 4 is 51.4 Å². The van der Waals surface area contributed by atoms with E-state index in [2.05, 4.69) is 0 Å². The van der Waals surface area contributed by atoms with Gasteiger partial charge in [-0.25, -0.2) is 0 Å². The second kappa shape index (κ2) is 5.69. The van der Waals surface area contributed by atoms with E-state index in [0.717, 1.165) is 26.4 Å². The Labute approximate surface area is 86.0 Å². The third-order valence-electron chi connectivity index (χ3n) is 0.744. The largest absolute Gasteiger partial charge is 0.377 e. The van der Waals surface area contributed by atoms with E-state index in [1.807, 2.05) is 0 Å². The normalized spacial score (nSPS) is 20.6. The summed E-state index contributed by atoms with van der Waals surface area (Å²) in [5.74, 6) is 0. The summed E-state index contributed by atoms with van der Waals surface area (Å²) in [5, 5.41) is 0. The summed E-state index contributed by atoms with van der Waals surface area (Å²) in [5.41, 5.74) is 0. The zero-order valence-electron chi connectivity index (χ0n) is 4.64. The van der Waals surface area contributed by atoms with E-state index in [9.17, 15) is 0 Å². The second-order valence-electron chi connectivity index (χ2n) is 1.22. The van der Waals surface area contributed by atoms with Crippen LogP contribution in [0.1, 0.15) is 0 Å². The number of hydrogen-bond acceptors (Lipinski definition) is 2. The molecule has 2 nitrogen and oxygen atoms in total. The quantitative estimate of drug-likeness (QED) is 0.414. The first-order valence-corrected chi connectivity index (χ1v) is 2.15. The molecule has 1 rings (SSSR count). The summed E-state index contributed by atoms with van der Waals surface area (Å²) < 4.78 is 9.89. The summed E-state index contributed by atoms with van der Waals surface area (Å²) in [7, 11) is 0. The van der Waals surface area contributed by atoms with E-state index in [0.29, 0.717) is 0 Å². The molecule has 0 saturated carbocycles. The monoisotopic (exact) mass is 127 g/mol. The average Bonchev–Trinajstić information content (AvgIpc) is 1.72. The van der Waals surface area contributed by atoms with E-state index < -0.39 is 0 Å². The summed E-state index contributed by atoms with van der Waals surface area (Å²) in [6.45, 7) is 3.11. The van der Waals surface area contributed by atoms with Gasteiger partial charge in [0, 0.05) is 51.4 Å². The molecule has 0 aliphatic carbocycles. The first-order valence-electron chi connectivity index (χ1n) is 2.15. The minimum atomic E-state index is 0. The van der Waals surface area contributed by atoms with Gasteiger partial charge in [0.05, 0.1) is 26.4 Å². The van der Waals surface area contributed by atoms with Crippen molar-refractivity contribution in [2.75, 3.05) is 26.4 Å². The molecule has 0 atom stereocenters. The van der Waals surface area contributed by atoms with Crippen LogP contribution in [-0.4, -0.2) is 77.8 Å². The summed E-state index contributed by atoms with van der Waals surface area (Å²) in [4.78, 5) is 0. The van der Waals surface area contributed by atoms with Crippen molar-refractivity contribution in [3.8, 4) is 0 Å². The molecule has 1 fully saturated rings. The Balaban J connectivity index is 0.000000360. The van der Waals surface area contributed by atoms with E-state index >= 15 is 0 Å². The Morgan fingerprint density at radius 2 is 1.00 bits per heavy atom. The minimum Gasteiger partial charge on any atom is -0.377 e. The van der Waals surface area contributed by atoms with Gasteiger partial charge in [-0.05, 0) is 0 Å². The Hall–Kier alpha value is 1.56. The van der Waals surface area contributed by atoms with Gasteiger partial charge in [-0.3, -0.25) is 0 Å². The fourth-order valence-corrected chi connectivity index (χ4v) is 0.440. The molecule has 7 heavy (non-hydrogen) atoms. The fourth-order valence-electron chi connectivity index (χ4n) is 0.440. The first-order chi connectivity index (χ1) is 3.00. The molecule has 0 amide bonds. The standard InChI is InChI=1S/C4H8O2.K/c1-2-6-4-3-5-1;/h1-4H2;. The van der Waals surface area contributed by atoms with Crippen LogP contribution in [0.5, 0.6) is 0 Å². The van der Waals surface area contributed by atoms with E-state index in [4.69, 9.17) is 9.47 Å². The van der Waals surface area contributed by atoms with E-state index in [1.165, 1.54) is 0 Å². The Kier molecular flexibility index (Phi) is 6.95. The van der Waals surface area contributed by atoms with Crippen LogP contribution in [0.15, 0.2) is 0 Å². The number of rotatable bonds is 0. The molecular weight excluding hydrogens is 119 g/mol. The zero-order valence-corrected chi connectivity index (χ0v) is 7.77. The molecule has 0 bridgehead atoms. The Morgan fingerprint density at radius 3 is 1.14 bits per heavy atom. The van der Waals surface area contributed by atoms with Gasteiger partial charge in [0.1, 0.15) is 0 Å². The van der Waals surface area contributed by atoms with Gasteiger partial charge in [0.15, 0.2) is 0 Å². The van der Waals surface area contributed by atoms with Gasteiger partial charge in [0.2, 0.25) is 0 Å². The second-order valence-corrected chi connectivity index (χ2v) is 1.22. The number of hydrogen-bond donors (Lipinski definition) is 0. The van der Waals surface area contributed by atoms with Crippen LogP contribution < -0.4 is 0 Å². The average molecular weight is 127 g/mol. The maximum absolute atomic E-state index is 4.94. The van der Waals surface area contributed by atoms with Crippen molar-refractivity contribution in [3.05, 3.63) is 0 Å². The summed E-state index contributed by atoms with van der Waals surface area (Å²) in [6.07, 6.45) is 0. The van der Waals surface area contributed by atoms with Gasteiger partial charge in [-0.15, -0.1) is 0 Å². The van der Waals surface area contributed by atoms with Gasteiger partial charge in [-0.1, -0.05) is 0 Å². The summed E-state index contributed by atoms with van der Waals surface area (Å²) >= 11 is 0. The van der Waals surface area contributed by atoms with Crippen LogP contribution in [0.25, 0.3) is 0 Å². The molecule has 1 heterocycles. The third-order valence-corrected chi connectivity index (χ3v) is 0.744. The maximum atomic E-state index is 4.94. The summed E-state index contributed by atoms with van der Waals surface area (Å²) in [6, 6.07) is 0. The molecule has 1 aliphatic heterocycles. The molecule has 0 aromatic carbocycles. The van der Waals surface area contributed by atoms with Gasteiger partial charge < -0.3 is 9.47 Å². The van der Waals surface area contributed by atoms with Crippen molar-refractivity contribution in [3.63, 3.8) is 0 Å². The minimum absolute atomic E-state index is 0. The van der Waals surface area contributed by atoms with Crippen LogP contribution in [-0.2, 0) is 9.47 Å². The molecule has 1 radical (unpaired) electrons. The predicted octanol–water partition coefficient (Wildman–Crippen LogP) is -0.348. The molecule has 0 aromatic rings. The van der Waals surface area contributed by atoms with Crippen molar-refractivity contribution < 1.29 is 9.47 Å². The molecule has 0 aromatic heterocycles. The van der Waals surface area contributed by atoms with Crippen LogP contribution in [0.2, 0.25) is 0 Å². The van der Waals surface area contributed by atoms with Crippen LogP contribution in [0.3, 0.4) is 0 Å². The van der Waals surface area contributed by atoms with Crippen molar-refractivity contribution in [2.45, 2.75) is 0 Å². The van der Waals surface area contributed by atoms with Gasteiger partial charge in [-0.2, -0.15) is 0 Å². The van der Waals surface area contributed by atoms with Crippen LogP contribution in [0, 0.1) is 0 Å². The smallest absolute Gasteiger partial charge is 0.0701 e. The molecule has 1 saturated heterocycles. The number of ether oxygens (including phenoxy) is 2. The van der Waals surface area contributed by atoms with Crippen LogP contribution >= 0.6 is 0 Å². The molecule has 3 heteroatoms. The zero-order chi connectivity index (χ0) is 4.24. The molecule has 0 spiro atoms. The fraction of sp³-hybridized carbons (Fsp3) is 1.00. The van der Waals surface area contributed by atoms with Gasteiger partial charge in [0.25, 0.3) is 0 Å². The Bertz CT molecular complexity index is 25.2. The van der Waals surface area contributed by atoms with Gasteiger partial charge >= 0.3 is 0 Å². The Morgan fingerprint density at radius 1 is 0.714 bits per heavy atom. The van der Waals surface area contributed by atoms with Crippen molar-refractivity contribution in [1.29, 1.82) is 0 Å². The SMILES string of the molecule is C1COCCO1.[K]. The topological polar surface area (TPSA) is 18.5 Å². The third kappa shape index (κ3) is 4.09. The predicted molar refractivity (Wildman–Crippen MR) is 27.4 cm³/mol. The first kappa shape index (κ1) is 8.56. The maximum Gasteiger partial charge on any atom is 0.0701 e. The van der Waals surface area contributed by atoms with Crippen LogP contribution in [0.4, 0.5) is 0 Å². The van der Waals surface area contributed by atoms with E-state index in [1.54, 1.807) is 0 Å². The van der Waals surface area contributed by atoms with Crippen molar-refractivity contribution in [2.24, 2.45) is 0 Å². The molecular formula is C4H8KO2. The van der Waals surface area contributed by atoms with Crippen molar-refractivity contribution in [1.82, 2.24) is 0 Å². The molecule has 1 aliphatic rings. The molecule has 0 unspecified atom stereocenters. The molecule has 0 N–H and O–H groups in total. The molecule has 37 valence electrons.